The summed E-state index contributed by atoms with van der Waals surface area (Å²) in [7, 11) is 1.69. The Balaban J connectivity index is 2.46. The zero-order valence-corrected chi connectivity index (χ0v) is 10.4. The van der Waals surface area contributed by atoms with Crippen molar-refractivity contribution in [2.24, 2.45) is 22.7 Å². The molecule has 0 aliphatic carbocycles. The van der Waals surface area contributed by atoms with Crippen molar-refractivity contribution in [2.45, 2.75) is 19.8 Å². The van der Waals surface area contributed by atoms with E-state index in [0.29, 0.717) is 5.92 Å². The van der Waals surface area contributed by atoms with E-state index in [1.54, 1.807) is 18.9 Å². The Morgan fingerprint density at radius 1 is 1.59 bits per heavy atom. The Bertz CT molecular complexity index is 286. The molecule has 6 heteroatoms. The van der Waals surface area contributed by atoms with Crippen molar-refractivity contribution in [1.29, 1.82) is 0 Å². The third-order valence-corrected chi connectivity index (χ3v) is 3.26. The monoisotopic (exact) mass is 243 g/mol. The first kappa shape index (κ1) is 13.8. The molecule has 1 aliphatic heterocycles. The smallest absolute Gasteiger partial charge is 0.233 e. The van der Waals surface area contributed by atoms with Gasteiger partial charge in [-0.3, -0.25) is 4.79 Å². The van der Waals surface area contributed by atoms with Crippen molar-refractivity contribution in [3.05, 3.63) is 0 Å². The average Bonchev–Trinajstić information content (AvgIpc) is 2.37. The number of nitrogens with two attached hydrogens (primary N) is 1. The van der Waals surface area contributed by atoms with Gasteiger partial charge in [0.25, 0.3) is 0 Å². The number of ether oxygens (including phenoxy) is 1. The highest BCUT2D eigenvalue weighted by molar-refractivity contribution is 6.01. The molecule has 1 fully saturated rings. The molecule has 0 saturated carbocycles. The van der Waals surface area contributed by atoms with Gasteiger partial charge in [0.05, 0.1) is 5.92 Å². The van der Waals surface area contributed by atoms with Gasteiger partial charge < -0.3 is 20.6 Å². The second kappa shape index (κ2) is 6.44. The standard InChI is InChI=1S/C11H21N3O3/c1-8(10(12)13-16)11(15)14-5-3-9(4-6-14)7-17-2/h8-9,16H,3-7H2,1-2H3,(H2,12,13). The third-order valence-electron chi connectivity index (χ3n) is 3.26. The normalized spacial score (nSPS) is 20.4. The van der Waals surface area contributed by atoms with Crippen LogP contribution in [0.5, 0.6) is 0 Å². The molecule has 0 spiro atoms. The van der Waals surface area contributed by atoms with Crippen LogP contribution < -0.4 is 5.73 Å². The number of methoxy groups -OCH3 is 1. The molecule has 1 heterocycles. The van der Waals surface area contributed by atoms with Crippen LogP contribution in [0.15, 0.2) is 5.16 Å². The van der Waals surface area contributed by atoms with Gasteiger partial charge in [-0.05, 0) is 25.7 Å². The number of oxime groups is 1. The quantitative estimate of drug-likeness (QED) is 0.321. The molecule has 17 heavy (non-hydrogen) atoms. The maximum Gasteiger partial charge on any atom is 0.233 e. The van der Waals surface area contributed by atoms with E-state index in [0.717, 1.165) is 32.5 Å². The van der Waals surface area contributed by atoms with Crippen LogP contribution in [0.4, 0.5) is 0 Å². The zero-order chi connectivity index (χ0) is 12.8. The minimum absolute atomic E-state index is 0.0333. The molecular formula is C11H21N3O3. The molecule has 98 valence electrons. The Kier molecular flexibility index (Phi) is 5.21. The van der Waals surface area contributed by atoms with Crippen molar-refractivity contribution in [2.75, 3.05) is 26.8 Å². The number of hydrogen-bond acceptors (Lipinski definition) is 4. The summed E-state index contributed by atoms with van der Waals surface area (Å²) in [6.07, 6.45) is 1.89. The zero-order valence-electron chi connectivity index (χ0n) is 10.4. The van der Waals surface area contributed by atoms with Crippen LogP contribution in [0, 0.1) is 11.8 Å². The van der Waals surface area contributed by atoms with Gasteiger partial charge in [0.2, 0.25) is 5.91 Å². The molecule has 0 radical (unpaired) electrons. The number of piperidine rings is 1. The Morgan fingerprint density at radius 2 is 2.18 bits per heavy atom. The second-order valence-electron chi connectivity index (χ2n) is 4.47. The van der Waals surface area contributed by atoms with E-state index < -0.39 is 5.92 Å². The number of rotatable bonds is 4. The molecule has 0 aromatic carbocycles. The first-order valence-electron chi connectivity index (χ1n) is 5.85. The first-order chi connectivity index (χ1) is 8.10. The fourth-order valence-electron chi connectivity index (χ4n) is 2.04. The fraction of sp³-hybridized carbons (Fsp3) is 0.818. The summed E-state index contributed by atoms with van der Waals surface area (Å²) in [4.78, 5) is 13.8. The summed E-state index contributed by atoms with van der Waals surface area (Å²) < 4.78 is 5.10. The molecule has 0 aromatic rings. The van der Waals surface area contributed by atoms with Crippen LogP contribution in [0.2, 0.25) is 0 Å². The van der Waals surface area contributed by atoms with E-state index in [9.17, 15) is 4.79 Å². The predicted octanol–water partition coefficient (Wildman–Crippen LogP) is 0.254. The number of amides is 1. The Hall–Kier alpha value is -1.30. The van der Waals surface area contributed by atoms with Gasteiger partial charge in [-0.1, -0.05) is 5.16 Å². The minimum atomic E-state index is -0.557. The van der Waals surface area contributed by atoms with E-state index in [-0.39, 0.29) is 11.7 Å². The molecule has 1 saturated heterocycles. The molecule has 0 aromatic heterocycles. The molecule has 1 rings (SSSR count). The predicted molar refractivity (Wildman–Crippen MR) is 63.8 cm³/mol. The summed E-state index contributed by atoms with van der Waals surface area (Å²) >= 11 is 0. The number of hydrogen-bond donors (Lipinski definition) is 2. The SMILES string of the molecule is COCC1CCN(C(=O)C(C)C(N)=NO)CC1. The summed E-state index contributed by atoms with van der Waals surface area (Å²) in [5.74, 6) is -0.132. The summed E-state index contributed by atoms with van der Waals surface area (Å²) in [6.45, 7) is 3.84. The van der Waals surface area contributed by atoms with Crippen LogP contribution in [0.25, 0.3) is 0 Å². The highest BCUT2D eigenvalue weighted by Crippen LogP contribution is 2.18. The molecule has 1 atom stereocenters. The Labute approximate surface area is 101 Å². The molecule has 1 unspecified atom stereocenters. The van der Waals surface area contributed by atoms with Gasteiger partial charge in [0.15, 0.2) is 5.84 Å². The summed E-state index contributed by atoms with van der Waals surface area (Å²) in [5.41, 5.74) is 5.43. The molecular weight excluding hydrogens is 222 g/mol. The largest absolute Gasteiger partial charge is 0.409 e. The number of amidine groups is 1. The number of carbonyl (C=O) groups excluding carboxylic acids is 1. The van der Waals surface area contributed by atoms with E-state index in [4.69, 9.17) is 15.7 Å². The van der Waals surface area contributed by atoms with Gasteiger partial charge >= 0.3 is 0 Å². The van der Waals surface area contributed by atoms with Crippen LogP contribution >= 0.6 is 0 Å². The second-order valence-corrected chi connectivity index (χ2v) is 4.47. The maximum atomic E-state index is 12.0. The summed E-state index contributed by atoms with van der Waals surface area (Å²) in [6, 6.07) is 0. The average molecular weight is 243 g/mol. The van der Waals surface area contributed by atoms with Crippen LogP contribution in [-0.2, 0) is 9.53 Å². The molecule has 1 aliphatic rings. The number of carbonyl (C=O) groups is 1. The van der Waals surface area contributed by atoms with Gasteiger partial charge in [0, 0.05) is 26.8 Å². The maximum absolute atomic E-state index is 12.0. The third kappa shape index (κ3) is 3.59. The lowest BCUT2D eigenvalue weighted by atomic mass is 9.96. The van der Waals surface area contributed by atoms with Crippen molar-refractivity contribution >= 4 is 11.7 Å². The van der Waals surface area contributed by atoms with Gasteiger partial charge in [0.1, 0.15) is 0 Å². The van der Waals surface area contributed by atoms with Crippen LogP contribution in [0.1, 0.15) is 19.8 Å². The highest BCUT2D eigenvalue weighted by Gasteiger charge is 2.27. The van der Waals surface area contributed by atoms with Crippen molar-refractivity contribution in [3.8, 4) is 0 Å². The number of likely N-dealkylation sites (tertiary alicyclic amines) is 1. The lowest BCUT2D eigenvalue weighted by molar-refractivity contribution is -0.134. The first-order valence-corrected chi connectivity index (χ1v) is 5.85. The van der Waals surface area contributed by atoms with Gasteiger partial charge in [-0.25, -0.2) is 0 Å². The lowest BCUT2D eigenvalue weighted by Gasteiger charge is -2.33. The van der Waals surface area contributed by atoms with Gasteiger partial charge in [-0.2, -0.15) is 0 Å². The lowest BCUT2D eigenvalue weighted by Crippen LogP contribution is -2.45. The van der Waals surface area contributed by atoms with Crippen LogP contribution in [-0.4, -0.2) is 48.7 Å². The fourth-order valence-corrected chi connectivity index (χ4v) is 2.04. The Morgan fingerprint density at radius 3 is 2.65 bits per heavy atom. The van der Waals surface area contributed by atoms with Crippen molar-refractivity contribution in [3.63, 3.8) is 0 Å². The topological polar surface area (TPSA) is 88.2 Å². The van der Waals surface area contributed by atoms with Crippen LogP contribution in [0.3, 0.4) is 0 Å². The molecule has 1 amide bonds. The molecule has 6 nitrogen and oxygen atoms in total. The van der Waals surface area contributed by atoms with E-state index in [1.807, 2.05) is 0 Å². The van der Waals surface area contributed by atoms with E-state index in [2.05, 4.69) is 5.16 Å². The molecule has 0 bridgehead atoms. The van der Waals surface area contributed by atoms with E-state index >= 15 is 0 Å². The van der Waals surface area contributed by atoms with E-state index in [1.165, 1.54) is 0 Å². The number of nitrogens with zero attached hydrogens (tertiary/aromatic N) is 2. The minimum Gasteiger partial charge on any atom is -0.409 e. The highest BCUT2D eigenvalue weighted by atomic mass is 16.5. The van der Waals surface area contributed by atoms with Gasteiger partial charge in [-0.15, -0.1) is 0 Å². The molecule has 3 N–H and O–H groups in total. The summed E-state index contributed by atoms with van der Waals surface area (Å²) in [5, 5.41) is 11.4. The van der Waals surface area contributed by atoms with Crippen molar-refractivity contribution in [1.82, 2.24) is 4.90 Å². The van der Waals surface area contributed by atoms with Crippen molar-refractivity contribution < 1.29 is 14.7 Å².